The second-order valence-electron chi connectivity index (χ2n) is 3.96. The standard InChI is InChI=1S/C14H14N4O2/c15-18-13(19)11-8-4-5-9-12(11)17-14(20)16-10-6-2-1-3-7-10/h1-9H,15H2,(H,18,19)(H2,16,17,20). The maximum absolute atomic E-state index is 11.9. The van der Waals surface area contributed by atoms with E-state index >= 15 is 0 Å². The number of hydrogen-bond donors (Lipinski definition) is 4. The van der Waals surface area contributed by atoms with Gasteiger partial charge in [0.25, 0.3) is 5.91 Å². The van der Waals surface area contributed by atoms with Crippen molar-refractivity contribution in [3.05, 3.63) is 60.2 Å². The molecular weight excluding hydrogens is 256 g/mol. The molecule has 0 fully saturated rings. The second kappa shape index (κ2) is 6.35. The molecule has 0 radical (unpaired) electrons. The van der Waals surface area contributed by atoms with Crippen LogP contribution < -0.4 is 21.9 Å². The number of amides is 3. The molecule has 0 atom stereocenters. The molecule has 2 aromatic carbocycles. The quantitative estimate of drug-likeness (QED) is 0.390. The van der Waals surface area contributed by atoms with E-state index in [1.165, 1.54) is 0 Å². The lowest BCUT2D eigenvalue weighted by Crippen LogP contribution is -2.31. The summed E-state index contributed by atoms with van der Waals surface area (Å²) in [5.74, 6) is 4.63. The van der Waals surface area contributed by atoms with Crippen LogP contribution in [0.15, 0.2) is 54.6 Å². The Labute approximate surface area is 116 Å². The summed E-state index contributed by atoms with van der Waals surface area (Å²) >= 11 is 0. The molecule has 0 saturated heterocycles. The Bertz CT molecular complexity index is 614. The first-order valence-corrected chi connectivity index (χ1v) is 5.93. The zero-order valence-corrected chi connectivity index (χ0v) is 10.6. The summed E-state index contributed by atoms with van der Waals surface area (Å²) < 4.78 is 0. The van der Waals surface area contributed by atoms with Gasteiger partial charge in [-0.2, -0.15) is 0 Å². The number of urea groups is 1. The van der Waals surface area contributed by atoms with Crippen LogP contribution in [0.1, 0.15) is 10.4 Å². The van der Waals surface area contributed by atoms with Crippen molar-refractivity contribution in [1.29, 1.82) is 0 Å². The molecule has 0 unspecified atom stereocenters. The molecule has 0 bridgehead atoms. The zero-order chi connectivity index (χ0) is 14.4. The van der Waals surface area contributed by atoms with Crippen LogP contribution in [0.25, 0.3) is 0 Å². The number of carbonyl (C=O) groups excluding carboxylic acids is 2. The van der Waals surface area contributed by atoms with Crippen LogP contribution in [0.4, 0.5) is 16.2 Å². The Kier molecular flexibility index (Phi) is 4.31. The van der Waals surface area contributed by atoms with E-state index in [0.717, 1.165) is 0 Å². The summed E-state index contributed by atoms with van der Waals surface area (Å²) in [6.45, 7) is 0. The number of anilines is 2. The van der Waals surface area contributed by atoms with Crippen LogP contribution in [0.5, 0.6) is 0 Å². The van der Waals surface area contributed by atoms with Crippen LogP contribution in [0.3, 0.4) is 0 Å². The number of rotatable bonds is 3. The third-order valence-corrected chi connectivity index (χ3v) is 2.58. The van der Waals surface area contributed by atoms with Gasteiger partial charge < -0.3 is 10.6 Å². The Morgan fingerprint density at radius 1 is 0.850 bits per heavy atom. The average molecular weight is 270 g/mol. The normalized spacial score (nSPS) is 9.65. The van der Waals surface area contributed by atoms with Gasteiger partial charge in [0.1, 0.15) is 0 Å². The largest absolute Gasteiger partial charge is 0.323 e. The Hall–Kier alpha value is -2.86. The number of benzene rings is 2. The molecule has 0 heterocycles. The first-order chi connectivity index (χ1) is 9.70. The van der Waals surface area contributed by atoms with Crippen molar-refractivity contribution in [2.24, 2.45) is 5.84 Å². The van der Waals surface area contributed by atoms with Crippen molar-refractivity contribution in [3.8, 4) is 0 Å². The monoisotopic (exact) mass is 270 g/mol. The molecule has 2 aromatic rings. The SMILES string of the molecule is NNC(=O)c1ccccc1NC(=O)Nc1ccccc1. The van der Waals surface area contributed by atoms with Gasteiger partial charge in [0, 0.05) is 5.69 Å². The zero-order valence-electron chi connectivity index (χ0n) is 10.6. The fourth-order valence-electron chi connectivity index (χ4n) is 1.67. The highest BCUT2D eigenvalue weighted by Crippen LogP contribution is 2.15. The van der Waals surface area contributed by atoms with E-state index in [-0.39, 0.29) is 0 Å². The maximum Gasteiger partial charge on any atom is 0.323 e. The number of para-hydroxylation sites is 2. The van der Waals surface area contributed by atoms with E-state index in [2.05, 4.69) is 10.6 Å². The van der Waals surface area contributed by atoms with Crippen molar-refractivity contribution >= 4 is 23.3 Å². The molecule has 102 valence electrons. The Morgan fingerprint density at radius 3 is 2.20 bits per heavy atom. The molecule has 0 saturated carbocycles. The summed E-state index contributed by atoms with van der Waals surface area (Å²) in [7, 11) is 0. The third-order valence-electron chi connectivity index (χ3n) is 2.58. The summed E-state index contributed by atoms with van der Waals surface area (Å²) in [5, 5.41) is 5.27. The van der Waals surface area contributed by atoms with Crippen molar-refractivity contribution in [1.82, 2.24) is 5.43 Å². The van der Waals surface area contributed by atoms with Crippen molar-refractivity contribution in [2.75, 3.05) is 10.6 Å². The fourth-order valence-corrected chi connectivity index (χ4v) is 1.67. The molecule has 0 aromatic heterocycles. The summed E-state index contributed by atoms with van der Waals surface area (Å²) in [5.41, 5.74) is 3.36. The molecule has 20 heavy (non-hydrogen) atoms. The first kappa shape index (κ1) is 13.6. The molecular formula is C14H14N4O2. The van der Waals surface area contributed by atoms with Gasteiger partial charge in [0.05, 0.1) is 11.3 Å². The van der Waals surface area contributed by atoms with Crippen LogP contribution in [-0.4, -0.2) is 11.9 Å². The summed E-state index contributed by atoms with van der Waals surface area (Å²) in [6, 6.07) is 15.1. The highest BCUT2D eigenvalue weighted by atomic mass is 16.2. The molecule has 6 heteroatoms. The van der Waals surface area contributed by atoms with E-state index < -0.39 is 11.9 Å². The highest BCUT2D eigenvalue weighted by Gasteiger charge is 2.11. The number of nitrogens with one attached hydrogen (secondary N) is 3. The van der Waals surface area contributed by atoms with Gasteiger partial charge in [-0.05, 0) is 24.3 Å². The van der Waals surface area contributed by atoms with E-state index in [0.29, 0.717) is 16.9 Å². The minimum atomic E-state index is -0.472. The smallest absolute Gasteiger partial charge is 0.308 e. The number of nitrogen functional groups attached to an aromatic ring is 1. The lowest BCUT2D eigenvalue weighted by atomic mass is 10.1. The number of hydrazine groups is 1. The predicted octanol–water partition coefficient (Wildman–Crippen LogP) is 1.93. The lowest BCUT2D eigenvalue weighted by molar-refractivity contribution is 0.0954. The molecule has 0 aliphatic rings. The molecule has 0 aliphatic heterocycles. The molecule has 0 spiro atoms. The second-order valence-corrected chi connectivity index (χ2v) is 3.96. The van der Waals surface area contributed by atoms with Crippen molar-refractivity contribution in [3.63, 3.8) is 0 Å². The van der Waals surface area contributed by atoms with Gasteiger partial charge in [0.2, 0.25) is 0 Å². The van der Waals surface area contributed by atoms with Gasteiger partial charge in [-0.15, -0.1) is 0 Å². The Balaban J connectivity index is 2.10. The van der Waals surface area contributed by atoms with Crippen molar-refractivity contribution < 1.29 is 9.59 Å². The third kappa shape index (κ3) is 3.33. The Morgan fingerprint density at radius 2 is 1.50 bits per heavy atom. The highest BCUT2D eigenvalue weighted by molar-refractivity contribution is 6.06. The van der Waals surface area contributed by atoms with Crippen LogP contribution in [0.2, 0.25) is 0 Å². The van der Waals surface area contributed by atoms with Crippen LogP contribution in [0, 0.1) is 0 Å². The average Bonchev–Trinajstić information content (AvgIpc) is 2.48. The maximum atomic E-state index is 11.9. The number of nitrogens with two attached hydrogens (primary N) is 1. The summed E-state index contributed by atoms with van der Waals surface area (Å²) in [6.07, 6.45) is 0. The number of hydrogen-bond acceptors (Lipinski definition) is 3. The van der Waals surface area contributed by atoms with E-state index in [9.17, 15) is 9.59 Å². The molecule has 2 rings (SSSR count). The minimum Gasteiger partial charge on any atom is -0.308 e. The van der Waals surface area contributed by atoms with Gasteiger partial charge in [-0.25, -0.2) is 10.6 Å². The van der Waals surface area contributed by atoms with Gasteiger partial charge >= 0.3 is 6.03 Å². The van der Waals surface area contributed by atoms with Gasteiger partial charge in [-0.3, -0.25) is 10.2 Å². The lowest BCUT2D eigenvalue weighted by Gasteiger charge is -2.10. The summed E-state index contributed by atoms with van der Waals surface area (Å²) in [4.78, 5) is 23.4. The van der Waals surface area contributed by atoms with Crippen LogP contribution in [-0.2, 0) is 0 Å². The van der Waals surface area contributed by atoms with Gasteiger partial charge in [0.15, 0.2) is 0 Å². The fraction of sp³-hybridized carbons (Fsp3) is 0. The predicted molar refractivity (Wildman–Crippen MR) is 77.2 cm³/mol. The molecule has 5 N–H and O–H groups in total. The van der Waals surface area contributed by atoms with Gasteiger partial charge in [-0.1, -0.05) is 30.3 Å². The van der Waals surface area contributed by atoms with E-state index in [1.54, 1.807) is 36.4 Å². The molecule has 6 nitrogen and oxygen atoms in total. The van der Waals surface area contributed by atoms with Crippen molar-refractivity contribution in [2.45, 2.75) is 0 Å². The van der Waals surface area contributed by atoms with Crippen LogP contribution >= 0.6 is 0 Å². The van der Waals surface area contributed by atoms with E-state index in [4.69, 9.17) is 5.84 Å². The first-order valence-electron chi connectivity index (χ1n) is 5.93. The van der Waals surface area contributed by atoms with E-state index in [1.807, 2.05) is 23.6 Å². The minimum absolute atomic E-state index is 0.290. The topological polar surface area (TPSA) is 96.2 Å². The molecule has 3 amide bonds. The molecule has 0 aliphatic carbocycles. The number of carbonyl (C=O) groups is 2.